The summed E-state index contributed by atoms with van der Waals surface area (Å²) in [6.07, 6.45) is 3.74. The summed E-state index contributed by atoms with van der Waals surface area (Å²) in [5.41, 5.74) is 8.23. The number of hydrazine groups is 1. The van der Waals surface area contributed by atoms with Gasteiger partial charge in [0.05, 0.1) is 29.1 Å². The van der Waals surface area contributed by atoms with Crippen LogP contribution in [0.2, 0.25) is 0 Å². The topological polar surface area (TPSA) is 74.4 Å². The first-order chi connectivity index (χ1) is 15.6. The van der Waals surface area contributed by atoms with E-state index in [1.165, 1.54) is 5.01 Å². The zero-order valence-corrected chi connectivity index (χ0v) is 17.5. The number of ether oxygens (including phenoxy) is 1. The zero-order chi connectivity index (χ0) is 22.1. The number of amides is 1. The summed E-state index contributed by atoms with van der Waals surface area (Å²) < 4.78 is 5.15. The molecule has 3 aromatic carbocycles. The van der Waals surface area contributed by atoms with Crippen molar-refractivity contribution in [1.29, 1.82) is 0 Å². The van der Waals surface area contributed by atoms with Crippen molar-refractivity contribution in [2.24, 2.45) is 0 Å². The number of esters is 1. The molecule has 1 aromatic heterocycles. The molecule has 0 atom stereocenters. The van der Waals surface area contributed by atoms with Crippen LogP contribution in [0.4, 0.5) is 11.4 Å². The SMILES string of the molecule is CCOC(=O)c1ccc2c(c1)N(Nc1ccc3[nH]ccc3c1)C(=O)C2=Cc1ccccc1. The molecule has 2 N–H and O–H groups in total. The molecule has 0 aliphatic carbocycles. The average Bonchev–Trinajstić information content (AvgIpc) is 3.38. The second-order valence-corrected chi connectivity index (χ2v) is 7.45. The van der Waals surface area contributed by atoms with E-state index in [9.17, 15) is 9.59 Å². The Kier molecular flexibility index (Phi) is 4.95. The molecule has 1 aliphatic heterocycles. The lowest BCUT2D eigenvalue weighted by atomic mass is 10.0. The molecule has 2 heterocycles. The monoisotopic (exact) mass is 423 g/mol. The fourth-order valence-corrected chi connectivity index (χ4v) is 3.85. The number of hydrogen-bond donors (Lipinski definition) is 2. The normalized spacial score (nSPS) is 14.1. The van der Waals surface area contributed by atoms with Gasteiger partial charge in [-0.15, -0.1) is 0 Å². The summed E-state index contributed by atoms with van der Waals surface area (Å²) in [6, 6.07) is 22.7. The van der Waals surface area contributed by atoms with Crippen molar-refractivity contribution in [3.8, 4) is 0 Å². The van der Waals surface area contributed by atoms with Crippen LogP contribution in [-0.4, -0.2) is 23.5 Å². The molecule has 158 valence electrons. The molecule has 0 fully saturated rings. The van der Waals surface area contributed by atoms with Crippen LogP contribution in [0.15, 0.2) is 79.0 Å². The molecule has 0 spiro atoms. The van der Waals surface area contributed by atoms with Gasteiger partial charge in [0.2, 0.25) is 0 Å². The van der Waals surface area contributed by atoms with Gasteiger partial charge in [-0.25, -0.2) is 9.80 Å². The van der Waals surface area contributed by atoms with Gasteiger partial charge in [0, 0.05) is 22.7 Å². The van der Waals surface area contributed by atoms with Gasteiger partial charge in [0.15, 0.2) is 0 Å². The lowest BCUT2D eigenvalue weighted by Crippen LogP contribution is -2.32. The molecule has 0 saturated carbocycles. The summed E-state index contributed by atoms with van der Waals surface area (Å²) in [5.74, 6) is -0.615. The van der Waals surface area contributed by atoms with Crippen LogP contribution in [0, 0.1) is 0 Å². The molecule has 4 aromatic rings. The number of aromatic nitrogens is 1. The molecule has 5 rings (SSSR count). The molecule has 6 heteroatoms. The van der Waals surface area contributed by atoms with Crippen LogP contribution in [0.5, 0.6) is 0 Å². The lowest BCUT2D eigenvalue weighted by Gasteiger charge is -2.20. The predicted molar refractivity (Wildman–Crippen MR) is 126 cm³/mol. The summed E-state index contributed by atoms with van der Waals surface area (Å²) >= 11 is 0. The largest absolute Gasteiger partial charge is 0.462 e. The van der Waals surface area contributed by atoms with Gasteiger partial charge in [0.1, 0.15) is 0 Å². The van der Waals surface area contributed by atoms with Gasteiger partial charge in [-0.3, -0.25) is 10.2 Å². The minimum Gasteiger partial charge on any atom is -0.462 e. The highest BCUT2D eigenvalue weighted by atomic mass is 16.5. The van der Waals surface area contributed by atoms with Crippen molar-refractivity contribution < 1.29 is 14.3 Å². The van der Waals surface area contributed by atoms with E-state index < -0.39 is 5.97 Å². The molecule has 1 amide bonds. The number of carbonyl (C=O) groups excluding carboxylic acids is 2. The molecule has 0 radical (unpaired) electrons. The zero-order valence-electron chi connectivity index (χ0n) is 17.5. The number of rotatable bonds is 5. The third-order valence-corrected chi connectivity index (χ3v) is 5.38. The minimum atomic E-state index is -0.420. The van der Waals surface area contributed by atoms with Gasteiger partial charge in [-0.2, -0.15) is 0 Å². The number of H-pyrrole nitrogens is 1. The van der Waals surface area contributed by atoms with Crippen molar-refractivity contribution in [1.82, 2.24) is 4.98 Å². The lowest BCUT2D eigenvalue weighted by molar-refractivity contribution is -0.112. The number of nitrogens with one attached hydrogen (secondary N) is 2. The second-order valence-electron chi connectivity index (χ2n) is 7.45. The van der Waals surface area contributed by atoms with Crippen molar-refractivity contribution in [2.75, 3.05) is 17.0 Å². The number of fused-ring (bicyclic) bond motifs is 2. The Morgan fingerprint density at radius 3 is 2.72 bits per heavy atom. The van der Waals surface area contributed by atoms with Crippen LogP contribution >= 0.6 is 0 Å². The number of hydrogen-bond acceptors (Lipinski definition) is 4. The number of carbonyl (C=O) groups is 2. The third kappa shape index (κ3) is 3.52. The summed E-state index contributed by atoms with van der Waals surface area (Å²) in [6.45, 7) is 2.05. The number of aromatic amines is 1. The van der Waals surface area contributed by atoms with E-state index in [2.05, 4.69) is 10.4 Å². The Hall–Kier alpha value is -4.32. The van der Waals surface area contributed by atoms with Gasteiger partial charge in [0.25, 0.3) is 5.91 Å². The number of benzene rings is 3. The molecular weight excluding hydrogens is 402 g/mol. The Balaban J connectivity index is 1.58. The molecule has 6 nitrogen and oxygen atoms in total. The van der Waals surface area contributed by atoms with Crippen molar-refractivity contribution in [3.05, 3.63) is 95.7 Å². The maximum atomic E-state index is 13.5. The second kappa shape index (κ2) is 8.07. The highest BCUT2D eigenvalue weighted by Gasteiger charge is 2.33. The Morgan fingerprint density at radius 2 is 1.91 bits per heavy atom. The third-order valence-electron chi connectivity index (χ3n) is 5.38. The summed E-state index contributed by atoms with van der Waals surface area (Å²) in [7, 11) is 0. The molecule has 32 heavy (non-hydrogen) atoms. The highest BCUT2D eigenvalue weighted by Crippen LogP contribution is 2.39. The summed E-state index contributed by atoms with van der Waals surface area (Å²) in [4.78, 5) is 28.9. The fourth-order valence-electron chi connectivity index (χ4n) is 3.85. The van der Waals surface area contributed by atoms with Crippen LogP contribution in [0.25, 0.3) is 22.6 Å². The maximum absolute atomic E-state index is 13.5. The first-order valence-electron chi connectivity index (χ1n) is 10.4. The summed E-state index contributed by atoms with van der Waals surface area (Å²) in [5, 5.41) is 2.52. The standard InChI is InChI=1S/C26H21N3O3/c1-2-32-26(31)19-8-10-21-22(14-17-6-4-3-5-7-17)25(30)29(24(21)16-19)28-20-9-11-23-18(15-20)12-13-27-23/h3-16,27-28H,2H2,1H3. The van der Waals surface area contributed by atoms with Crippen LogP contribution in [0.1, 0.15) is 28.4 Å². The quantitative estimate of drug-likeness (QED) is 0.339. The number of nitrogens with zero attached hydrogens (tertiary/aromatic N) is 1. The van der Waals surface area contributed by atoms with Gasteiger partial charge in [-0.05, 0) is 55.0 Å². The van der Waals surface area contributed by atoms with E-state index in [1.807, 2.05) is 66.9 Å². The van der Waals surface area contributed by atoms with Crippen molar-refractivity contribution >= 4 is 45.8 Å². The fraction of sp³-hybridized carbons (Fsp3) is 0.0769. The van der Waals surface area contributed by atoms with E-state index in [4.69, 9.17) is 4.74 Å². The Bertz CT molecular complexity index is 1360. The van der Waals surface area contributed by atoms with Gasteiger partial charge in [-0.1, -0.05) is 36.4 Å². The molecule has 0 unspecified atom stereocenters. The maximum Gasteiger partial charge on any atom is 0.338 e. The van der Waals surface area contributed by atoms with Crippen molar-refractivity contribution in [3.63, 3.8) is 0 Å². The van der Waals surface area contributed by atoms with E-state index in [-0.39, 0.29) is 12.5 Å². The predicted octanol–water partition coefficient (Wildman–Crippen LogP) is 5.26. The molecule has 0 saturated heterocycles. The van der Waals surface area contributed by atoms with E-state index in [0.717, 1.165) is 27.7 Å². The van der Waals surface area contributed by atoms with E-state index in [0.29, 0.717) is 16.8 Å². The molecule has 1 aliphatic rings. The van der Waals surface area contributed by atoms with E-state index >= 15 is 0 Å². The van der Waals surface area contributed by atoms with Gasteiger partial charge >= 0.3 is 5.97 Å². The van der Waals surface area contributed by atoms with Crippen molar-refractivity contribution in [2.45, 2.75) is 6.92 Å². The van der Waals surface area contributed by atoms with Gasteiger partial charge < -0.3 is 9.72 Å². The molecule has 0 bridgehead atoms. The average molecular weight is 423 g/mol. The smallest absolute Gasteiger partial charge is 0.338 e. The van der Waals surface area contributed by atoms with Crippen LogP contribution in [-0.2, 0) is 9.53 Å². The minimum absolute atomic E-state index is 0.195. The van der Waals surface area contributed by atoms with Crippen LogP contribution in [0.3, 0.4) is 0 Å². The first-order valence-corrected chi connectivity index (χ1v) is 10.4. The Morgan fingerprint density at radius 1 is 1.06 bits per heavy atom. The van der Waals surface area contributed by atoms with Crippen LogP contribution < -0.4 is 10.4 Å². The first kappa shape index (κ1) is 19.6. The molecular formula is C26H21N3O3. The number of anilines is 2. The Labute approximate surface area is 185 Å². The van der Waals surface area contributed by atoms with E-state index in [1.54, 1.807) is 25.1 Å². The highest BCUT2D eigenvalue weighted by molar-refractivity contribution is 6.36.